The van der Waals surface area contributed by atoms with Gasteiger partial charge in [-0.3, -0.25) is 19.0 Å². The second-order valence-electron chi connectivity index (χ2n) is 8.06. The zero-order chi connectivity index (χ0) is 27.4. The molecule has 0 fully saturated rings. The molecular weight excluding hydrogens is 516 g/mol. The lowest BCUT2D eigenvalue weighted by Crippen LogP contribution is -2.33. The van der Waals surface area contributed by atoms with Crippen LogP contribution in [0.1, 0.15) is 18.7 Å². The highest BCUT2D eigenvalue weighted by Crippen LogP contribution is 2.37. The fraction of sp³-hybridized carbons (Fsp3) is 0.348. The van der Waals surface area contributed by atoms with Crippen molar-refractivity contribution < 1.29 is 27.4 Å². The van der Waals surface area contributed by atoms with Crippen molar-refractivity contribution in [2.45, 2.75) is 18.3 Å². The summed E-state index contributed by atoms with van der Waals surface area (Å²) in [7, 11) is 3.47. The molecule has 0 radical (unpaired) electrons. The molecule has 1 aromatic carbocycles. The minimum atomic E-state index is -4.13. The molecule has 2 unspecified atom stereocenters. The summed E-state index contributed by atoms with van der Waals surface area (Å²) in [6.07, 6.45) is 3.58. The molecule has 4 aromatic rings. The number of hydrogen-bond acceptors (Lipinski definition) is 11. The van der Waals surface area contributed by atoms with E-state index in [1.807, 2.05) is 0 Å². The highest BCUT2D eigenvalue weighted by atomic mass is 32.2. The van der Waals surface area contributed by atoms with Crippen LogP contribution >= 0.6 is 0 Å². The van der Waals surface area contributed by atoms with E-state index >= 15 is 0 Å². The zero-order valence-corrected chi connectivity index (χ0v) is 22.5. The van der Waals surface area contributed by atoms with Crippen LogP contribution in [0.2, 0.25) is 0 Å². The number of anilines is 1. The van der Waals surface area contributed by atoms with Gasteiger partial charge in [-0.05, 0) is 25.1 Å². The number of aromatic nitrogens is 7. The van der Waals surface area contributed by atoms with Gasteiger partial charge < -0.3 is 18.9 Å². The second-order valence-corrected chi connectivity index (χ2v) is 10.1. The molecule has 0 spiro atoms. The molecular formula is C23H28N8O6S. The van der Waals surface area contributed by atoms with Crippen LogP contribution in [-0.2, 0) is 21.8 Å². The summed E-state index contributed by atoms with van der Waals surface area (Å²) in [5.41, 5.74) is 1.15. The molecule has 0 aliphatic heterocycles. The lowest BCUT2D eigenvalue weighted by Gasteiger charge is -2.23. The maximum atomic E-state index is 13.6. The molecule has 0 amide bonds. The Morgan fingerprint density at radius 1 is 0.947 bits per heavy atom. The molecule has 4 rings (SSSR count). The summed E-state index contributed by atoms with van der Waals surface area (Å²) in [5, 5.41) is 11.7. The molecule has 0 aliphatic rings. The fourth-order valence-corrected chi connectivity index (χ4v) is 4.98. The van der Waals surface area contributed by atoms with Gasteiger partial charge in [-0.15, -0.1) is 10.2 Å². The van der Waals surface area contributed by atoms with Gasteiger partial charge in [-0.25, -0.2) is 13.4 Å². The largest absolute Gasteiger partial charge is 0.494 e. The summed E-state index contributed by atoms with van der Waals surface area (Å²) in [6, 6.07) is 6.90. The third kappa shape index (κ3) is 5.10. The summed E-state index contributed by atoms with van der Waals surface area (Å²) < 4.78 is 54.5. The van der Waals surface area contributed by atoms with E-state index in [9.17, 15) is 8.42 Å². The maximum absolute atomic E-state index is 13.6. The van der Waals surface area contributed by atoms with Gasteiger partial charge in [-0.2, -0.15) is 5.10 Å². The van der Waals surface area contributed by atoms with Gasteiger partial charge in [0.05, 0.1) is 39.4 Å². The van der Waals surface area contributed by atoms with E-state index in [0.717, 1.165) is 0 Å². The second kappa shape index (κ2) is 11.0. The third-order valence-corrected chi connectivity index (χ3v) is 7.48. The number of nitrogens with zero attached hydrogens (tertiary/aromatic N) is 7. The molecule has 0 saturated heterocycles. The van der Waals surface area contributed by atoms with Crippen LogP contribution in [0, 0.1) is 0 Å². The average molecular weight is 545 g/mol. The molecule has 3 aromatic heterocycles. The maximum Gasteiger partial charge on any atom is 0.243 e. The van der Waals surface area contributed by atoms with Crippen molar-refractivity contribution >= 4 is 16.0 Å². The first-order valence-electron chi connectivity index (χ1n) is 11.3. The number of para-hydroxylation sites is 1. The Kier molecular flexibility index (Phi) is 7.78. The number of methoxy groups -OCH3 is 4. The van der Waals surface area contributed by atoms with Crippen molar-refractivity contribution in [1.82, 2.24) is 34.5 Å². The van der Waals surface area contributed by atoms with Crippen LogP contribution in [0.5, 0.6) is 17.4 Å². The Labute approximate surface area is 219 Å². The molecule has 14 nitrogen and oxygen atoms in total. The Bertz CT molecular complexity index is 1480. The normalized spacial score (nSPS) is 13.1. The quantitative estimate of drug-likeness (QED) is 0.294. The highest BCUT2D eigenvalue weighted by Gasteiger charge is 2.34. The molecule has 3 heterocycles. The number of sulfonamides is 1. The number of benzene rings is 1. The zero-order valence-electron chi connectivity index (χ0n) is 21.7. The highest BCUT2D eigenvalue weighted by molar-refractivity contribution is 7.93. The topological polar surface area (TPSA) is 157 Å². The van der Waals surface area contributed by atoms with Gasteiger partial charge in [0.25, 0.3) is 0 Å². The van der Waals surface area contributed by atoms with Gasteiger partial charge in [0.2, 0.25) is 21.9 Å². The average Bonchev–Trinajstić information content (AvgIpc) is 3.54. The van der Waals surface area contributed by atoms with Crippen molar-refractivity contribution in [3.05, 3.63) is 48.5 Å². The van der Waals surface area contributed by atoms with Crippen LogP contribution in [0.3, 0.4) is 0 Å². The van der Waals surface area contributed by atoms with Crippen molar-refractivity contribution in [3.63, 3.8) is 0 Å². The molecule has 15 heteroatoms. The van der Waals surface area contributed by atoms with Crippen LogP contribution < -0.4 is 18.9 Å². The van der Waals surface area contributed by atoms with E-state index in [2.05, 4.69) is 30.0 Å². The summed E-state index contributed by atoms with van der Waals surface area (Å²) in [4.78, 5) is 8.34. The van der Waals surface area contributed by atoms with Crippen molar-refractivity contribution in [2.24, 2.45) is 7.05 Å². The van der Waals surface area contributed by atoms with E-state index in [4.69, 9.17) is 18.9 Å². The molecule has 38 heavy (non-hydrogen) atoms. The fourth-order valence-electron chi connectivity index (χ4n) is 3.83. The molecule has 2 atom stereocenters. The molecule has 1 N–H and O–H groups in total. The summed E-state index contributed by atoms with van der Waals surface area (Å²) in [5.74, 6) is 1.26. The number of hydrogen-bond donors (Lipinski definition) is 1. The van der Waals surface area contributed by atoms with Crippen LogP contribution in [0.15, 0.2) is 42.9 Å². The predicted octanol–water partition coefficient (Wildman–Crippen LogP) is 2.00. The van der Waals surface area contributed by atoms with Crippen molar-refractivity contribution in [2.75, 3.05) is 33.2 Å². The number of ether oxygens (including phenoxy) is 4. The molecule has 202 valence electrons. The van der Waals surface area contributed by atoms with E-state index in [1.54, 1.807) is 42.2 Å². The first-order chi connectivity index (χ1) is 18.2. The SMILES string of the molecule is COc1cnc(C(OC)C(C)S(=O)(=O)Nc2nnc(-c3ccn(C)n3)n2-c2c(OC)cccc2OC)cn1. The van der Waals surface area contributed by atoms with Crippen LogP contribution in [0.25, 0.3) is 17.2 Å². The minimum Gasteiger partial charge on any atom is -0.494 e. The van der Waals surface area contributed by atoms with E-state index < -0.39 is 21.4 Å². The van der Waals surface area contributed by atoms with Crippen LogP contribution in [0.4, 0.5) is 5.95 Å². The Balaban J connectivity index is 1.80. The lowest BCUT2D eigenvalue weighted by atomic mass is 10.2. The van der Waals surface area contributed by atoms with Gasteiger partial charge in [0.15, 0.2) is 5.82 Å². The number of rotatable bonds is 11. The first-order valence-corrected chi connectivity index (χ1v) is 12.9. The van der Waals surface area contributed by atoms with E-state index in [-0.39, 0.29) is 17.7 Å². The Morgan fingerprint density at radius 3 is 2.18 bits per heavy atom. The van der Waals surface area contributed by atoms with E-state index in [1.165, 1.54) is 52.3 Å². The standard InChI is InChI=1S/C23H28N8O6S/c1-14(21(37-6)16-12-25-19(36-5)13-24-16)38(32,33)29-23-27-26-22(15-10-11-30(2)28-15)31(23)20-17(34-3)8-7-9-18(20)35-4/h7-14,21H,1-6H3,(H,27,29). The van der Waals surface area contributed by atoms with Gasteiger partial charge >= 0.3 is 0 Å². The van der Waals surface area contributed by atoms with Crippen molar-refractivity contribution in [1.29, 1.82) is 0 Å². The monoisotopic (exact) mass is 544 g/mol. The first kappa shape index (κ1) is 26.8. The summed E-state index contributed by atoms with van der Waals surface area (Å²) in [6.45, 7) is 1.49. The van der Waals surface area contributed by atoms with Gasteiger partial charge in [0, 0.05) is 20.4 Å². The lowest BCUT2D eigenvalue weighted by molar-refractivity contribution is 0.0984. The van der Waals surface area contributed by atoms with Gasteiger partial charge in [-0.1, -0.05) is 6.07 Å². The van der Waals surface area contributed by atoms with E-state index in [0.29, 0.717) is 28.6 Å². The minimum absolute atomic E-state index is 0.101. The molecule has 0 aliphatic carbocycles. The Hall–Kier alpha value is -4.24. The number of nitrogens with one attached hydrogen (secondary N) is 1. The number of aryl methyl sites for hydroxylation is 1. The smallest absolute Gasteiger partial charge is 0.243 e. The summed E-state index contributed by atoms with van der Waals surface area (Å²) >= 11 is 0. The third-order valence-electron chi connectivity index (χ3n) is 5.78. The molecule has 0 saturated carbocycles. The molecule has 0 bridgehead atoms. The van der Waals surface area contributed by atoms with Crippen LogP contribution in [-0.4, -0.2) is 76.6 Å². The van der Waals surface area contributed by atoms with Crippen molar-refractivity contribution in [3.8, 4) is 34.6 Å². The Morgan fingerprint density at radius 2 is 1.66 bits per heavy atom. The van der Waals surface area contributed by atoms with Gasteiger partial charge in [0.1, 0.15) is 34.2 Å². The predicted molar refractivity (Wildman–Crippen MR) is 137 cm³/mol.